The van der Waals surface area contributed by atoms with Crippen LogP contribution in [0.3, 0.4) is 0 Å². The third-order valence-electron chi connectivity index (χ3n) is 5.11. The number of amides is 1. The topological polar surface area (TPSA) is 66.8 Å². The standard InChI is InChI=1S/C23H17Cl2NO4S/c1-12-5-7-14(24)11-16(12)26-20(18-4-3-9-31-18)19(22(28)23(26)29)21(27)13-6-8-17(30-2)15(25)10-13/h3-11,20,27H,1-2H3/b21-19-. The van der Waals surface area contributed by atoms with Crippen molar-refractivity contribution >= 4 is 57.7 Å². The first kappa shape index (κ1) is 21.4. The number of hydrogen-bond acceptors (Lipinski definition) is 5. The smallest absolute Gasteiger partial charge is 0.300 e. The average Bonchev–Trinajstić information content (AvgIpc) is 3.36. The second-order valence-corrected chi connectivity index (χ2v) is 8.79. The first-order valence-corrected chi connectivity index (χ1v) is 10.9. The van der Waals surface area contributed by atoms with Crippen molar-refractivity contribution in [3.05, 3.63) is 85.5 Å². The highest BCUT2D eigenvalue weighted by molar-refractivity contribution is 7.10. The second-order valence-electron chi connectivity index (χ2n) is 6.96. The fraction of sp³-hybridized carbons (Fsp3) is 0.130. The van der Waals surface area contributed by atoms with E-state index in [1.165, 1.54) is 29.4 Å². The highest BCUT2D eigenvalue weighted by Crippen LogP contribution is 2.45. The van der Waals surface area contributed by atoms with E-state index in [2.05, 4.69) is 0 Å². The summed E-state index contributed by atoms with van der Waals surface area (Å²) in [6, 6.07) is 12.7. The van der Waals surface area contributed by atoms with Crippen molar-refractivity contribution in [1.29, 1.82) is 0 Å². The van der Waals surface area contributed by atoms with E-state index in [1.54, 1.807) is 30.3 Å². The molecular weight excluding hydrogens is 457 g/mol. The first-order valence-electron chi connectivity index (χ1n) is 9.28. The van der Waals surface area contributed by atoms with Gasteiger partial charge in [0.25, 0.3) is 11.7 Å². The Morgan fingerprint density at radius 2 is 1.90 bits per heavy atom. The lowest BCUT2D eigenvalue weighted by Gasteiger charge is -2.25. The van der Waals surface area contributed by atoms with Gasteiger partial charge in [-0.05, 0) is 54.3 Å². The average molecular weight is 474 g/mol. The molecule has 5 nitrogen and oxygen atoms in total. The summed E-state index contributed by atoms with van der Waals surface area (Å²) in [6.07, 6.45) is 0. The summed E-state index contributed by atoms with van der Waals surface area (Å²) in [5.41, 5.74) is 1.60. The third kappa shape index (κ3) is 3.71. The molecule has 0 aliphatic carbocycles. The number of ether oxygens (including phenoxy) is 1. The lowest BCUT2D eigenvalue weighted by atomic mass is 9.99. The maximum absolute atomic E-state index is 13.1. The lowest BCUT2D eigenvalue weighted by Crippen LogP contribution is -2.29. The van der Waals surface area contributed by atoms with E-state index in [0.29, 0.717) is 22.0 Å². The van der Waals surface area contributed by atoms with Crippen LogP contribution in [0.5, 0.6) is 5.75 Å². The van der Waals surface area contributed by atoms with Gasteiger partial charge >= 0.3 is 0 Å². The van der Waals surface area contributed by atoms with Gasteiger partial charge in [-0.3, -0.25) is 14.5 Å². The van der Waals surface area contributed by atoms with Gasteiger partial charge in [0, 0.05) is 21.2 Å². The number of carbonyl (C=O) groups is 2. The number of hydrogen-bond donors (Lipinski definition) is 1. The minimum Gasteiger partial charge on any atom is -0.507 e. The lowest BCUT2D eigenvalue weighted by molar-refractivity contribution is -0.132. The van der Waals surface area contributed by atoms with Gasteiger partial charge in [0.1, 0.15) is 17.6 Å². The third-order valence-corrected chi connectivity index (χ3v) is 6.57. The number of aliphatic hydroxyl groups is 1. The van der Waals surface area contributed by atoms with Crippen molar-refractivity contribution in [2.45, 2.75) is 13.0 Å². The molecule has 1 aromatic heterocycles. The van der Waals surface area contributed by atoms with Gasteiger partial charge in [-0.25, -0.2) is 0 Å². The molecule has 3 aromatic rings. The molecule has 1 aliphatic rings. The monoisotopic (exact) mass is 473 g/mol. The molecule has 1 fully saturated rings. The van der Waals surface area contributed by atoms with Crippen LogP contribution in [0.25, 0.3) is 5.76 Å². The summed E-state index contributed by atoms with van der Waals surface area (Å²) in [4.78, 5) is 28.4. The van der Waals surface area contributed by atoms with Crippen LogP contribution in [0.1, 0.15) is 22.0 Å². The number of thiophene rings is 1. The van der Waals surface area contributed by atoms with E-state index in [1.807, 2.05) is 24.4 Å². The Labute approximate surface area is 193 Å². The van der Waals surface area contributed by atoms with Gasteiger partial charge in [0.15, 0.2) is 0 Å². The van der Waals surface area contributed by atoms with Gasteiger partial charge < -0.3 is 9.84 Å². The maximum atomic E-state index is 13.1. The van der Waals surface area contributed by atoms with Crippen LogP contribution in [0, 0.1) is 6.92 Å². The molecule has 1 amide bonds. The summed E-state index contributed by atoms with van der Waals surface area (Å²) in [6.45, 7) is 1.83. The molecule has 8 heteroatoms. The Morgan fingerprint density at radius 1 is 1.13 bits per heavy atom. The van der Waals surface area contributed by atoms with Crippen LogP contribution < -0.4 is 9.64 Å². The van der Waals surface area contributed by atoms with Crippen LogP contribution in [-0.2, 0) is 9.59 Å². The minimum absolute atomic E-state index is 0.00643. The van der Waals surface area contributed by atoms with Gasteiger partial charge in [0.05, 0.1) is 17.7 Å². The van der Waals surface area contributed by atoms with Gasteiger partial charge in [0.2, 0.25) is 0 Å². The van der Waals surface area contributed by atoms with Crippen molar-refractivity contribution in [3.63, 3.8) is 0 Å². The fourth-order valence-corrected chi connectivity index (χ4v) is 4.86. The van der Waals surface area contributed by atoms with Crippen molar-refractivity contribution in [1.82, 2.24) is 0 Å². The number of anilines is 1. The summed E-state index contributed by atoms with van der Waals surface area (Å²) < 4.78 is 5.15. The molecule has 2 aromatic carbocycles. The van der Waals surface area contributed by atoms with Crippen molar-refractivity contribution in [2.24, 2.45) is 0 Å². The molecule has 1 N–H and O–H groups in total. The molecule has 1 saturated heterocycles. The molecule has 0 saturated carbocycles. The maximum Gasteiger partial charge on any atom is 0.300 e. The molecule has 0 spiro atoms. The van der Waals surface area contributed by atoms with E-state index < -0.39 is 17.7 Å². The molecule has 1 unspecified atom stereocenters. The predicted molar refractivity (Wildman–Crippen MR) is 123 cm³/mol. The van der Waals surface area contributed by atoms with Crippen LogP contribution in [0.15, 0.2) is 59.5 Å². The SMILES string of the molecule is COc1ccc(/C(O)=C2/C(=O)C(=O)N(c3cc(Cl)ccc3C)C2c2cccs2)cc1Cl. The van der Waals surface area contributed by atoms with E-state index >= 15 is 0 Å². The number of benzene rings is 2. The van der Waals surface area contributed by atoms with Crippen LogP contribution in [0.2, 0.25) is 10.0 Å². The quantitative estimate of drug-likeness (QED) is 0.286. The van der Waals surface area contributed by atoms with Gasteiger partial charge in [-0.15, -0.1) is 11.3 Å². The largest absolute Gasteiger partial charge is 0.507 e. The first-order chi connectivity index (χ1) is 14.8. The fourth-order valence-electron chi connectivity index (χ4n) is 3.61. The molecule has 0 radical (unpaired) electrons. The molecule has 1 atom stereocenters. The molecule has 158 valence electrons. The Kier molecular flexibility index (Phi) is 5.79. The number of aryl methyl sites for hydroxylation is 1. The Bertz CT molecular complexity index is 1220. The number of nitrogens with zero attached hydrogens (tertiary/aromatic N) is 1. The zero-order valence-corrected chi connectivity index (χ0v) is 18.9. The number of aliphatic hydroxyl groups excluding tert-OH is 1. The van der Waals surface area contributed by atoms with E-state index in [0.717, 1.165) is 10.4 Å². The molecular formula is C23H17Cl2NO4S. The molecule has 0 bridgehead atoms. The summed E-state index contributed by atoms with van der Waals surface area (Å²) in [7, 11) is 1.48. The number of methoxy groups -OCH3 is 1. The Balaban J connectivity index is 1.94. The van der Waals surface area contributed by atoms with Crippen LogP contribution >= 0.6 is 34.5 Å². The summed E-state index contributed by atoms with van der Waals surface area (Å²) in [5.74, 6) is -1.38. The van der Waals surface area contributed by atoms with Crippen molar-refractivity contribution < 1.29 is 19.4 Å². The zero-order valence-electron chi connectivity index (χ0n) is 16.6. The van der Waals surface area contributed by atoms with E-state index in [-0.39, 0.29) is 16.4 Å². The number of ketones is 1. The number of rotatable bonds is 4. The summed E-state index contributed by atoms with van der Waals surface area (Å²) >= 11 is 13.8. The zero-order chi connectivity index (χ0) is 22.3. The highest BCUT2D eigenvalue weighted by atomic mass is 35.5. The van der Waals surface area contributed by atoms with Crippen molar-refractivity contribution in [3.8, 4) is 5.75 Å². The number of Topliss-reactive ketones (excluding diaryl/α,β-unsaturated/α-hetero) is 1. The molecule has 4 rings (SSSR count). The second kappa shape index (κ2) is 8.38. The van der Waals surface area contributed by atoms with Crippen LogP contribution in [0.4, 0.5) is 5.69 Å². The van der Waals surface area contributed by atoms with Crippen LogP contribution in [-0.4, -0.2) is 23.9 Å². The van der Waals surface area contributed by atoms with Gasteiger partial charge in [-0.2, -0.15) is 0 Å². The van der Waals surface area contributed by atoms with E-state index in [4.69, 9.17) is 27.9 Å². The normalized spacial score (nSPS) is 17.9. The Hall–Kier alpha value is -2.80. The molecule has 2 heterocycles. The Morgan fingerprint density at radius 3 is 2.55 bits per heavy atom. The number of halogens is 2. The van der Waals surface area contributed by atoms with E-state index in [9.17, 15) is 14.7 Å². The number of carbonyl (C=O) groups excluding carboxylic acids is 2. The molecule has 31 heavy (non-hydrogen) atoms. The molecule has 1 aliphatic heterocycles. The minimum atomic E-state index is -0.793. The highest BCUT2D eigenvalue weighted by Gasteiger charge is 2.47. The van der Waals surface area contributed by atoms with Gasteiger partial charge in [-0.1, -0.05) is 35.3 Å². The summed E-state index contributed by atoms with van der Waals surface area (Å²) in [5, 5.41) is 13.7. The predicted octanol–water partition coefficient (Wildman–Crippen LogP) is 6.00. The van der Waals surface area contributed by atoms with Crippen molar-refractivity contribution in [2.75, 3.05) is 12.0 Å².